The molecule has 186 valence electrons. The van der Waals surface area contributed by atoms with Gasteiger partial charge in [0.05, 0.1) is 12.4 Å². The number of β-amino-alcohol motifs (C(OH)–C–C–N with tert-alkyl or cyclic N) is 2. The van der Waals surface area contributed by atoms with Gasteiger partial charge >= 0.3 is 0 Å². The Balaban J connectivity index is 0.000000311. The quantitative estimate of drug-likeness (QED) is 0.164. The van der Waals surface area contributed by atoms with Crippen LogP contribution in [0.25, 0.3) is 0 Å². The van der Waals surface area contributed by atoms with Gasteiger partial charge in [0.15, 0.2) is 5.44 Å². The number of nitrogens with one attached hydrogen (secondary N) is 1. The van der Waals surface area contributed by atoms with Crippen LogP contribution in [-0.4, -0.2) is 152 Å². The summed E-state index contributed by atoms with van der Waals surface area (Å²) in [6.07, 6.45) is 0.505. The Morgan fingerprint density at radius 3 is 1.97 bits per heavy atom. The van der Waals surface area contributed by atoms with Gasteiger partial charge in [-0.3, -0.25) is 23.8 Å². The van der Waals surface area contributed by atoms with E-state index in [0.29, 0.717) is 39.1 Å². The molecule has 2 fully saturated rings. The Bertz CT molecular complexity index is 698. The Morgan fingerprint density at radius 2 is 1.48 bits per heavy atom. The van der Waals surface area contributed by atoms with Crippen molar-refractivity contribution in [3.8, 4) is 0 Å². The van der Waals surface area contributed by atoms with Crippen molar-refractivity contribution in [3.63, 3.8) is 0 Å². The van der Waals surface area contributed by atoms with Crippen LogP contribution >= 0.6 is 0 Å². The largest absolute Gasteiger partial charge is 0.396 e. The molecule has 0 aromatic carbocycles. The summed E-state index contributed by atoms with van der Waals surface area (Å²) in [5, 5.41) is 29.9. The molecule has 0 bridgehead atoms. The summed E-state index contributed by atoms with van der Waals surface area (Å²) in [5.41, 5.74) is -1.79. The Labute approximate surface area is 184 Å². The summed E-state index contributed by atoms with van der Waals surface area (Å²) in [6.45, 7) is 6.25. The van der Waals surface area contributed by atoms with Crippen molar-refractivity contribution in [3.05, 3.63) is 0 Å². The number of aliphatic hydroxyl groups excluding tert-OH is 3. The van der Waals surface area contributed by atoms with Gasteiger partial charge in [0.1, 0.15) is 0 Å². The SMILES string of the molecule is O=S(=O)(O)C(O)CN1CCNCC1CCO.O=S(=O)(O)CCN1CCN(CCO)CC1. The average molecular weight is 493 g/mol. The topological polar surface area (TPSA) is 191 Å². The summed E-state index contributed by atoms with van der Waals surface area (Å²) in [5.74, 6) is -0.201. The third-order valence-electron chi connectivity index (χ3n) is 5.22. The van der Waals surface area contributed by atoms with Crippen molar-refractivity contribution >= 4 is 20.2 Å². The highest BCUT2D eigenvalue weighted by molar-refractivity contribution is 7.86. The monoisotopic (exact) mass is 492 g/mol. The Kier molecular flexibility index (Phi) is 12.9. The highest BCUT2D eigenvalue weighted by atomic mass is 32.2. The van der Waals surface area contributed by atoms with Crippen LogP contribution in [0.4, 0.5) is 0 Å². The third kappa shape index (κ3) is 12.4. The van der Waals surface area contributed by atoms with Crippen LogP contribution in [0.3, 0.4) is 0 Å². The summed E-state index contributed by atoms with van der Waals surface area (Å²) in [4.78, 5) is 5.89. The van der Waals surface area contributed by atoms with Gasteiger partial charge in [0.25, 0.3) is 20.2 Å². The molecular weight excluding hydrogens is 456 g/mol. The molecule has 0 aliphatic carbocycles. The molecule has 0 spiro atoms. The van der Waals surface area contributed by atoms with Gasteiger partial charge in [-0.2, -0.15) is 16.8 Å². The van der Waals surface area contributed by atoms with Gasteiger partial charge in [-0.1, -0.05) is 0 Å². The second kappa shape index (κ2) is 13.9. The van der Waals surface area contributed by atoms with Gasteiger partial charge in [0, 0.05) is 78.1 Å². The summed E-state index contributed by atoms with van der Waals surface area (Å²) < 4.78 is 59.7. The van der Waals surface area contributed by atoms with Crippen molar-refractivity contribution in [1.29, 1.82) is 0 Å². The zero-order chi connectivity index (χ0) is 23.5. The number of hydrogen-bond donors (Lipinski definition) is 6. The first-order valence-electron chi connectivity index (χ1n) is 10.2. The molecular formula is C16H36N4O9S2. The van der Waals surface area contributed by atoms with E-state index in [1.807, 2.05) is 4.90 Å². The second-order valence-corrected chi connectivity index (χ2v) is 10.7. The van der Waals surface area contributed by atoms with E-state index >= 15 is 0 Å². The van der Waals surface area contributed by atoms with Crippen LogP contribution in [0.15, 0.2) is 0 Å². The fraction of sp³-hybridized carbons (Fsp3) is 1.00. The number of hydrogen-bond acceptors (Lipinski definition) is 11. The maximum atomic E-state index is 10.7. The zero-order valence-electron chi connectivity index (χ0n) is 17.6. The molecule has 2 heterocycles. The molecule has 0 amide bonds. The van der Waals surface area contributed by atoms with Crippen molar-refractivity contribution < 1.29 is 41.3 Å². The van der Waals surface area contributed by atoms with Gasteiger partial charge in [-0.25, -0.2) is 0 Å². The van der Waals surface area contributed by atoms with Crippen LogP contribution in [0.5, 0.6) is 0 Å². The average Bonchev–Trinajstić information content (AvgIpc) is 2.68. The maximum absolute atomic E-state index is 10.7. The number of aliphatic hydroxyl groups is 3. The minimum absolute atomic E-state index is 0.00478. The van der Waals surface area contributed by atoms with E-state index in [-0.39, 0.29) is 31.6 Å². The summed E-state index contributed by atoms with van der Waals surface area (Å²) in [7, 11) is -8.25. The number of piperazine rings is 2. The molecule has 2 atom stereocenters. The molecule has 13 nitrogen and oxygen atoms in total. The van der Waals surface area contributed by atoms with Crippen LogP contribution in [-0.2, 0) is 20.2 Å². The van der Waals surface area contributed by atoms with Crippen LogP contribution in [0.2, 0.25) is 0 Å². The van der Waals surface area contributed by atoms with E-state index in [2.05, 4.69) is 10.2 Å². The molecule has 15 heteroatoms. The van der Waals surface area contributed by atoms with E-state index in [1.54, 1.807) is 4.90 Å². The lowest BCUT2D eigenvalue weighted by atomic mass is 10.1. The first-order valence-corrected chi connectivity index (χ1v) is 13.3. The molecule has 2 unspecified atom stereocenters. The van der Waals surface area contributed by atoms with Crippen molar-refractivity contribution in [1.82, 2.24) is 20.0 Å². The van der Waals surface area contributed by atoms with E-state index < -0.39 is 25.7 Å². The predicted octanol–water partition coefficient (Wildman–Crippen LogP) is -3.67. The van der Waals surface area contributed by atoms with Crippen molar-refractivity contribution in [2.45, 2.75) is 17.9 Å². The lowest BCUT2D eigenvalue weighted by Gasteiger charge is -2.36. The van der Waals surface area contributed by atoms with Crippen molar-refractivity contribution in [2.75, 3.05) is 84.4 Å². The smallest absolute Gasteiger partial charge is 0.293 e. The molecule has 0 aromatic rings. The van der Waals surface area contributed by atoms with Gasteiger partial charge in [-0.15, -0.1) is 0 Å². The summed E-state index contributed by atoms with van der Waals surface area (Å²) >= 11 is 0. The first-order chi connectivity index (χ1) is 14.5. The predicted molar refractivity (Wildman–Crippen MR) is 114 cm³/mol. The Hall–Kier alpha value is -0.460. The molecule has 2 rings (SSSR count). The Morgan fingerprint density at radius 1 is 0.903 bits per heavy atom. The normalized spacial score (nSPS) is 23.2. The first kappa shape index (κ1) is 28.6. The van der Waals surface area contributed by atoms with E-state index in [4.69, 9.17) is 19.3 Å². The van der Waals surface area contributed by atoms with Crippen LogP contribution in [0.1, 0.15) is 6.42 Å². The highest BCUT2D eigenvalue weighted by Crippen LogP contribution is 2.09. The van der Waals surface area contributed by atoms with E-state index in [1.165, 1.54) is 0 Å². The molecule has 6 N–H and O–H groups in total. The number of rotatable bonds is 10. The summed E-state index contributed by atoms with van der Waals surface area (Å²) in [6, 6.07) is -0.0184. The molecule has 0 saturated carbocycles. The fourth-order valence-electron chi connectivity index (χ4n) is 3.39. The fourth-order valence-corrected chi connectivity index (χ4v) is 4.26. The van der Waals surface area contributed by atoms with Gasteiger partial charge < -0.3 is 20.6 Å². The second-order valence-electron chi connectivity index (χ2n) is 7.53. The lowest BCUT2D eigenvalue weighted by molar-refractivity contribution is 0.0900. The molecule has 0 aromatic heterocycles. The lowest BCUT2D eigenvalue weighted by Crippen LogP contribution is -2.54. The molecule has 31 heavy (non-hydrogen) atoms. The highest BCUT2D eigenvalue weighted by Gasteiger charge is 2.28. The molecule has 2 saturated heterocycles. The van der Waals surface area contributed by atoms with Gasteiger partial charge in [0.2, 0.25) is 0 Å². The van der Waals surface area contributed by atoms with Crippen molar-refractivity contribution in [2.24, 2.45) is 0 Å². The minimum Gasteiger partial charge on any atom is -0.396 e. The standard InChI is InChI=1S/C8H18N2O5S.C8H18N2O4S/c11-4-1-7-5-9-2-3-10(7)6-8(12)16(13,14)15;11-7-5-9-1-3-10(4-2-9)6-8-15(12,13)14/h7-9,11-12H,1-6H2,(H,13,14,15);11H,1-8H2,(H,12,13,14). The molecule has 0 radical (unpaired) electrons. The maximum Gasteiger partial charge on any atom is 0.293 e. The van der Waals surface area contributed by atoms with E-state index in [9.17, 15) is 21.9 Å². The van der Waals surface area contributed by atoms with Crippen LogP contribution < -0.4 is 5.32 Å². The number of nitrogens with zero attached hydrogens (tertiary/aromatic N) is 3. The van der Waals surface area contributed by atoms with Gasteiger partial charge in [-0.05, 0) is 6.42 Å². The third-order valence-corrected chi connectivity index (χ3v) is 6.75. The van der Waals surface area contributed by atoms with Crippen LogP contribution in [0, 0.1) is 0 Å². The zero-order valence-corrected chi connectivity index (χ0v) is 19.2. The van der Waals surface area contributed by atoms with E-state index in [0.717, 1.165) is 26.2 Å². The molecule has 2 aliphatic heterocycles. The minimum atomic E-state index is -4.41. The molecule has 2 aliphatic rings.